The lowest BCUT2D eigenvalue weighted by Crippen LogP contribution is -2.05. The van der Waals surface area contributed by atoms with E-state index in [0.717, 1.165) is 5.56 Å². The zero-order chi connectivity index (χ0) is 14.7. The van der Waals surface area contributed by atoms with Crippen LogP contribution in [0.1, 0.15) is 15.9 Å². The normalized spacial score (nSPS) is 10.2. The van der Waals surface area contributed by atoms with Crippen LogP contribution in [0.3, 0.4) is 0 Å². The van der Waals surface area contributed by atoms with Crippen molar-refractivity contribution >= 4 is 23.3 Å². The Kier molecular flexibility index (Phi) is 4.15. The molecule has 0 unspecified atom stereocenters. The molecule has 0 aliphatic heterocycles. The summed E-state index contributed by atoms with van der Waals surface area (Å²) in [5.74, 6) is 0.154. The topological polar surface area (TPSA) is 61.5 Å². The molecule has 0 heterocycles. The van der Waals surface area contributed by atoms with Gasteiger partial charge in [-0.3, -0.25) is 0 Å². The number of carbonyl (C=O) groups is 1. The Morgan fingerprint density at radius 1 is 1.25 bits per heavy atom. The van der Waals surface area contributed by atoms with Crippen LogP contribution in [0, 0.1) is 6.92 Å². The summed E-state index contributed by atoms with van der Waals surface area (Å²) in [6.07, 6.45) is 0. The molecule has 104 valence electrons. The Labute approximate surface area is 122 Å². The Morgan fingerprint density at radius 2 is 2.00 bits per heavy atom. The average Bonchev–Trinajstić information content (AvgIpc) is 2.42. The number of esters is 1. The van der Waals surface area contributed by atoms with Crippen molar-refractivity contribution in [1.29, 1.82) is 0 Å². The van der Waals surface area contributed by atoms with Crippen LogP contribution >= 0.6 is 11.6 Å². The van der Waals surface area contributed by atoms with Gasteiger partial charge in [0.2, 0.25) is 0 Å². The minimum absolute atomic E-state index is 0.241. The van der Waals surface area contributed by atoms with Gasteiger partial charge in [-0.25, -0.2) is 4.79 Å². The molecular weight excluding hydrogens is 278 g/mol. The van der Waals surface area contributed by atoms with Crippen LogP contribution in [0.25, 0.3) is 0 Å². The summed E-state index contributed by atoms with van der Waals surface area (Å²) in [6, 6.07) is 10.2. The van der Waals surface area contributed by atoms with E-state index in [9.17, 15) is 4.79 Å². The van der Waals surface area contributed by atoms with E-state index in [1.165, 1.54) is 7.11 Å². The molecule has 2 N–H and O–H groups in total. The number of anilines is 1. The highest BCUT2D eigenvalue weighted by molar-refractivity contribution is 6.32. The molecule has 2 aromatic carbocycles. The molecule has 0 aliphatic rings. The minimum atomic E-state index is -0.518. The van der Waals surface area contributed by atoms with Crippen molar-refractivity contribution in [1.82, 2.24) is 0 Å². The van der Waals surface area contributed by atoms with Crippen molar-refractivity contribution in [3.63, 3.8) is 0 Å². The molecule has 0 spiro atoms. The van der Waals surface area contributed by atoms with Crippen LogP contribution in [0.15, 0.2) is 36.4 Å². The van der Waals surface area contributed by atoms with Crippen LogP contribution in [-0.2, 0) is 4.74 Å². The number of nitrogen functional groups attached to an aromatic ring is 1. The predicted octanol–water partition coefficient (Wildman–Crippen LogP) is 3.81. The molecule has 5 heteroatoms. The van der Waals surface area contributed by atoms with Gasteiger partial charge in [-0.05, 0) is 36.8 Å². The van der Waals surface area contributed by atoms with E-state index in [1.807, 2.05) is 13.0 Å². The lowest BCUT2D eigenvalue weighted by Gasteiger charge is -2.13. The number of rotatable bonds is 3. The van der Waals surface area contributed by atoms with Crippen molar-refractivity contribution in [2.45, 2.75) is 6.92 Å². The molecule has 0 atom stereocenters. The molecule has 0 fully saturated rings. The second-order valence-electron chi connectivity index (χ2n) is 4.25. The van der Waals surface area contributed by atoms with E-state index in [0.29, 0.717) is 16.5 Å². The highest BCUT2D eigenvalue weighted by Crippen LogP contribution is 2.35. The standard InChI is InChI=1S/C15H14ClNO3/c1-9-6-7-13(11(16)8-9)20-14-10(15(18)19-2)4-3-5-12(14)17/h3-8H,17H2,1-2H3. The van der Waals surface area contributed by atoms with Crippen LogP contribution in [0.5, 0.6) is 11.5 Å². The first kappa shape index (κ1) is 14.2. The van der Waals surface area contributed by atoms with Gasteiger partial charge in [0.05, 0.1) is 17.8 Å². The molecule has 0 saturated carbocycles. The molecule has 4 nitrogen and oxygen atoms in total. The van der Waals surface area contributed by atoms with Crippen molar-refractivity contribution in [3.05, 3.63) is 52.5 Å². The lowest BCUT2D eigenvalue weighted by molar-refractivity contribution is 0.0598. The molecule has 0 amide bonds. The first-order valence-electron chi connectivity index (χ1n) is 5.93. The fraction of sp³-hybridized carbons (Fsp3) is 0.133. The summed E-state index contributed by atoms with van der Waals surface area (Å²) in [7, 11) is 1.30. The highest BCUT2D eigenvalue weighted by Gasteiger charge is 2.17. The quantitative estimate of drug-likeness (QED) is 0.690. The second-order valence-corrected chi connectivity index (χ2v) is 4.66. The Bertz CT molecular complexity index is 656. The van der Waals surface area contributed by atoms with Crippen LogP contribution in [-0.4, -0.2) is 13.1 Å². The number of nitrogens with two attached hydrogens (primary N) is 1. The Morgan fingerprint density at radius 3 is 2.65 bits per heavy atom. The van der Waals surface area contributed by atoms with Gasteiger partial charge in [-0.15, -0.1) is 0 Å². The number of para-hydroxylation sites is 1. The Balaban J connectivity index is 2.45. The summed E-state index contributed by atoms with van der Waals surface area (Å²) < 4.78 is 10.4. The van der Waals surface area contributed by atoms with E-state index in [4.69, 9.17) is 26.8 Å². The van der Waals surface area contributed by atoms with Gasteiger partial charge in [0.25, 0.3) is 0 Å². The largest absolute Gasteiger partial charge is 0.465 e. The molecule has 20 heavy (non-hydrogen) atoms. The number of halogens is 1. The number of methoxy groups -OCH3 is 1. The number of carbonyl (C=O) groups excluding carboxylic acids is 1. The highest BCUT2D eigenvalue weighted by atomic mass is 35.5. The first-order chi connectivity index (χ1) is 9.52. The van der Waals surface area contributed by atoms with Gasteiger partial charge in [0.1, 0.15) is 11.3 Å². The average molecular weight is 292 g/mol. The number of hydrogen-bond acceptors (Lipinski definition) is 4. The summed E-state index contributed by atoms with van der Waals surface area (Å²) in [5.41, 5.74) is 7.47. The third-order valence-electron chi connectivity index (χ3n) is 2.75. The van der Waals surface area contributed by atoms with E-state index in [2.05, 4.69) is 0 Å². The van der Waals surface area contributed by atoms with Gasteiger partial charge in [0, 0.05) is 0 Å². The lowest BCUT2D eigenvalue weighted by atomic mass is 10.1. The molecule has 2 aromatic rings. The number of hydrogen-bond donors (Lipinski definition) is 1. The SMILES string of the molecule is COC(=O)c1cccc(N)c1Oc1ccc(C)cc1Cl. The van der Waals surface area contributed by atoms with Crippen molar-refractivity contribution in [3.8, 4) is 11.5 Å². The summed E-state index contributed by atoms with van der Waals surface area (Å²) >= 11 is 6.12. The third-order valence-corrected chi connectivity index (χ3v) is 3.05. The van der Waals surface area contributed by atoms with E-state index in [1.54, 1.807) is 30.3 Å². The maximum atomic E-state index is 11.7. The molecule has 0 bridgehead atoms. The van der Waals surface area contributed by atoms with Gasteiger partial charge in [-0.2, -0.15) is 0 Å². The zero-order valence-electron chi connectivity index (χ0n) is 11.1. The zero-order valence-corrected chi connectivity index (χ0v) is 11.9. The summed E-state index contributed by atoms with van der Waals surface area (Å²) in [6.45, 7) is 1.92. The molecule has 0 aliphatic carbocycles. The van der Waals surface area contributed by atoms with Crippen molar-refractivity contribution in [2.24, 2.45) is 0 Å². The predicted molar refractivity (Wildman–Crippen MR) is 78.5 cm³/mol. The van der Waals surface area contributed by atoms with Crippen LogP contribution in [0.2, 0.25) is 5.02 Å². The fourth-order valence-electron chi connectivity index (χ4n) is 1.74. The third kappa shape index (κ3) is 2.86. The van der Waals surface area contributed by atoms with Crippen molar-refractivity contribution in [2.75, 3.05) is 12.8 Å². The van der Waals surface area contributed by atoms with E-state index in [-0.39, 0.29) is 11.3 Å². The van der Waals surface area contributed by atoms with E-state index < -0.39 is 5.97 Å². The monoisotopic (exact) mass is 291 g/mol. The number of aryl methyl sites for hydroxylation is 1. The van der Waals surface area contributed by atoms with Crippen molar-refractivity contribution < 1.29 is 14.3 Å². The van der Waals surface area contributed by atoms with Gasteiger partial charge in [-0.1, -0.05) is 23.7 Å². The molecule has 0 aromatic heterocycles. The van der Waals surface area contributed by atoms with Gasteiger partial charge >= 0.3 is 5.97 Å². The fourth-order valence-corrected chi connectivity index (χ4v) is 2.01. The smallest absolute Gasteiger partial charge is 0.341 e. The number of benzene rings is 2. The van der Waals surface area contributed by atoms with Crippen LogP contribution in [0.4, 0.5) is 5.69 Å². The molecular formula is C15H14ClNO3. The molecule has 2 rings (SSSR count). The first-order valence-corrected chi connectivity index (χ1v) is 6.31. The van der Waals surface area contributed by atoms with Gasteiger partial charge in [0.15, 0.2) is 5.75 Å². The van der Waals surface area contributed by atoms with Gasteiger partial charge < -0.3 is 15.2 Å². The minimum Gasteiger partial charge on any atom is -0.465 e. The maximum absolute atomic E-state index is 11.7. The van der Waals surface area contributed by atoms with E-state index >= 15 is 0 Å². The summed E-state index contributed by atoms with van der Waals surface area (Å²) in [5, 5.41) is 0.448. The number of ether oxygens (including phenoxy) is 2. The Hall–Kier alpha value is -2.20. The van der Waals surface area contributed by atoms with Crippen LogP contribution < -0.4 is 10.5 Å². The maximum Gasteiger partial charge on any atom is 0.341 e. The summed E-state index contributed by atoms with van der Waals surface area (Å²) in [4.78, 5) is 11.7. The molecule has 0 saturated heterocycles. The molecule has 0 radical (unpaired) electrons. The second kappa shape index (κ2) is 5.84.